The number of rotatable bonds is 4. The molecule has 7 nitrogen and oxygen atoms in total. The molecule has 0 saturated carbocycles. The van der Waals surface area contributed by atoms with Crippen LogP contribution >= 0.6 is 15.9 Å². The van der Waals surface area contributed by atoms with Crippen LogP contribution in [0.3, 0.4) is 0 Å². The first kappa shape index (κ1) is 14.4. The zero-order valence-corrected chi connectivity index (χ0v) is 12.3. The van der Waals surface area contributed by atoms with Crippen molar-refractivity contribution >= 4 is 27.7 Å². The van der Waals surface area contributed by atoms with Crippen LogP contribution in [0.25, 0.3) is 0 Å². The summed E-state index contributed by atoms with van der Waals surface area (Å²) < 4.78 is 0.694. The third-order valence-corrected chi connectivity index (χ3v) is 2.93. The van der Waals surface area contributed by atoms with Gasteiger partial charge in [0.15, 0.2) is 5.82 Å². The van der Waals surface area contributed by atoms with Crippen LogP contribution in [-0.2, 0) is 6.54 Å². The zero-order chi connectivity index (χ0) is 14.5. The number of nitrogens with zero attached hydrogens (tertiary/aromatic N) is 3. The Balaban J connectivity index is 2.10. The predicted octanol–water partition coefficient (Wildman–Crippen LogP) is 1.16. The molecule has 0 radical (unpaired) electrons. The van der Waals surface area contributed by atoms with Crippen LogP contribution in [0, 0.1) is 6.92 Å². The molecule has 2 aromatic rings. The Kier molecular flexibility index (Phi) is 4.59. The van der Waals surface area contributed by atoms with Gasteiger partial charge in [-0.1, -0.05) is 0 Å². The fourth-order valence-corrected chi connectivity index (χ4v) is 1.93. The lowest BCUT2D eigenvalue weighted by molar-refractivity contribution is 0.0951. The maximum atomic E-state index is 12.1. The topological polar surface area (TPSA) is 106 Å². The quantitative estimate of drug-likeness (QED) is 0.571. The average Bonchev–Trinajstić information content (AvgIpc) is 2.45. The molecule has 0 fully saturated rings. The van der Waals surface area contributed by atoms with Crippen LogP contribution in [-0.4, -0.2) is 20.9 Å². The van der Waals surface area contributed by atoms with Crippen LogP contribution in [0.1, 0.15) is 21.9 Å². The van der Waals surface area contributed by atoms with Gasteiger partial charge in [-0.3, -0.25) is 4.79 Å². The van der Waals surface area contributed by atoms with Crippen molar-refractivity contribution in [2.45, 2.75) is 13.5 Å². The molecule has 0 aliphatic heterocycles. The van der Waals surface area contributed by atoms with Crippen LogP contribution in [0.5, 0.6) is 0 Å². The van der Waals surface area contributed by atoms with Gasteiger partial charge < -0.3 is 10.7 Å². The number of nitrogens with one attached hydrogen (secondary N) is 2. The van der Waals surface area contributed by atoms with Gasteiger partial charge in [0.25, 0.3) is 5.91 Å². The van der Waals surface area contributed by atoms with Gasteiger partial charge in [0, 0.05) is 16.9 Å². The molecule has 0 aromatic carbocycles. The van der Waals surface area contributed by atoms with Crippen molar-refractivity contribution < 1.29 is 4.79 Å². The smallest absolute Gasteiger partial charge is 0.255 e. The van der Waals surface area contributed by atoms with E-state index in [1.54, 1.807) is 31.5 Å². The first-order valence-electron chi connectivity index (χ1n) is 5.79. The van der Waals surface area contributed by atoms with E-state index >= 15 is 0 Å². The van der Waals surface area contributed by atoms with Crippen LogP contribution < -0.4 is 16.6 Å². The van der Waals surface area contributed by atoms with E-state index in [4.69, 9.17) is 5.84 Å². The number of aryl methyl sites for hydroxylation is 1. The number of nitrogen functional groups attached to an aromatic ring is 1. The third-order valence-electron chi connectivity index (χ3n) is 2.50. The highest BCUT2D eigenvalue weighted by Crippen LogP contribution is 2.17. The fraction of sp³-hybridized carbons (Fsp3) is 0.167. The lowest BCUT2D eigenvalue weighted by atomic mass is 10.2. The summed E-state index contributed by atoms with van der Waals surface area (Å²) in [6, 6.07) is 3.39. The van der Waals surface area contributed by atoms with Crippen molar-refractivity contribution in [1.29, 1.82) is 0 Å². The highest BCUT2D eigenvalue weighted by atomic mass is 79.9. The number of carbonyl (C=O) groups excluding carboxylic acids is 1. The first-order chi connectivity index (χ1) is 9.60. The summed E-state index contributed by atoms with van der Waals surface area (Å²) in [6.07, 6.45) is 3.21. The van der Waals surface area contributed by atoms with Crippen molar-refractivity contribution in [1.82, 2.24) is 20.3 Å². The standard InChI is InChI=1S/C12H13BrN6O/c1-7-15-3-2-9(18-7)6-17-12(20)10-4-8(13)5-16-11(10)19-14/h2-5H,6,14H2,1H3,(H,16,19)(H,17,20). The van der Waals surface area contributed by atoms with Gasteiger partial charge in [-0.15, -0.1) is 0 Å². The van der Waals surface area contributed by atoms with Crippen molar-refractivity contribution in [3.63, 3.8) is 0 Å². The summed E-state index contributed by atoms with van der Waals surface area (Å²) in [5.74, 6) is 6.02. The number of nitrogens with two attached hydrogens (primary N) is 1. The molecule has 1 amide bonds. The van der Waals surface area contributed by atoms with Gasteiger partial charge in [0.2, 0.25) is 0 Å². The number of carbonyl (C=O) groups is 1. The molecule has 0 bridgehead atoms. The molecule has 2 rings (SSSR count). The van der Waals surface area contributed by atoms with Gasteiger partial charge in [0.1, 0.15) is 5.82 Å². The highest BCUT2D eigenvalue weighted by molar-refractivity contribution is 9.10. The number of hydrazine groups is 1. The molecule has 2 heterocycles. The summed E-state index contributed by atoms with van der Waals surface area (Å²) in [4.78, 5) is 24.3. The fourth-order valence-electron chi connectivity index (χ4n) is 1.60. The second-order valence-electron chi connectivity index (χ2n) is 3.97. The molecular weight excluding hydrogens is 324 g/mol. The van der Waals surface area contributed by atoms with Crippen molar-refractivity contribution in [2.24, 2.45) is 5.84 Å². The lowest BCUT2D eigenvalue weighted by Gasteiger charge is -2.09. The van der Waals surface area contributed by atoms with Gasteiger partial charge in [-0.05, 0) is 35.0 Å². The number of aromatic nitrogens is 3. The number of amides is 1. The van der Waals surface area contributed by atoms with Crippen molar-refractivity contribution in [3.05, 3.63) is 46.1 Å². The molecular formula is C12H13BrN6O. The molecule has 0 unspecified atom stereocenters. The van der Waals surface area contributed by atoms with E-state index in [2.05, 4.69) is 41.6 Å². The Bertz CT molecular complexity index is 633. The van der Waals surface area contributed by atoms with E-state index in [0.717, 1.165) is 5.69 Å². The minimum absolute atomic E-state index is 0.289. The summed E-state index contributed by atoms with van der Waals surface area (Å²) in [6.45, 7) is 2.10. The van der Waals surface area contributed by atoms with Gasteiger partial charge in [-0.2, -0.15) is 0 Å². The van der Waals surface area contributed by atoms with E-state index < -0.39 is 0 Å². The van der Waals surface area contributed by atoms with Crippen LogP contribution in [0.15, 0.2) is 29.0 Å². The second-order valence-corrected chi connectivity index (χ2v) is 4.89. The Morgan fingerprint density at radius 3 is 2.95 bits per heavy atom. The van der Waals surface area contributed by atoms with Crippen LogP contribution in [0.4, 0.5) is 5.82 Å². The molecule has 4 N–H and O–H groups in total. The largest absolute Gasteiger partial charge is 0.346 e. The maximum Gasteiger partial charge on any atom is 0.255 e. The number of anilines is 1. The molecule has 104 valence electrons. The van der Waals surface area contributed by atoms with Crippen LogP contribution in [0.2, 0.25) is 0 Å². The Morgan fingerprint density at radius 2 is 2.25 bits per heavy atom. The van der Waals surface area contributed by atoms with Crippen molar-refractivity contribution in [2.75, 3.05) is 5.43 Å². The average molecular weight is 337 g/mol. The van der Waals surface area contributed by atoms with E-state index in [9.17, 15) is 4.79 Å². The number of hydrogen-bond acceptors (Lipinski definition) is 6. The summed E-state index contributed by atoms with van der Waals surface area (Å²) in [7, 11) is 0. The number of halogens is 1. The SMILES string of the molecule is Cc1nccc(CNC(=O)c2cc(Br)cnc2NN)n1. The molecule has 0 aliphatic rings. The third kappa shape index (κ3) is 3.49. The van der Waals surface area contributed by atoms with Gasteiger partial charge in [0.05, 0.1) is 17.8 Å². The van der Waals surface area contributed by atoms with Gasteiger partial charge in [-0.25, -0.2) is 20.8 Å². The Hall–Kier alpha value is -2.06. The molecule has 0 aliphatic carbocycles. The number of pyridine rings is 1. The molecule has 0 saturated heterocycles. The number of hydrogen-bond donors (Lipinski definition) is 3. The van der Waals surface area contributed by atoms with E-state index in [1.807, 2.05) is 0 Å². The van der Waals surface area contributed by atoms with E-state index in [1.165, 1.54) is 0 Å². The summed E-state index contributed by atoms with van der Waals surface area (Å²) in [5, 5.41) is 2.76. The second kappa shape index (κ2) is 6.40. The maximum absolute atomic E-state index is 12.1. The monoisotopic (exact) mass is 336 g/mol. The van der Waals surface area contributed by atoms with Gasteiger partial charge >= 0.3 is 0 Å². The molecule has 0 spiro atoms. The summed E-state index contributed by atoms with van der Waals surface area (Å²) >= 11 is 3.27. The first-order valence-corrected chi connectivity index (χ1v) is 6.58. The molecule has 0 atom stereocenters. The summed E-state index contributed by atoms with van der Waals surface area (Å²) in [5.41, 5.74) is 3.48. The lowest BCUT2D eigenvalue weighted by Crippen LogP contribution is -2.25. The molecule has 20 heavy (non-hydrogen) atoms. The highest BCUT2D eigenvalue weighted by Gasteiger charge is 2.12. The van der Waals surface area contributed by atoms with E-state index in [-0.39, 0.29) is 5.91 Å². The minimum Gasteiger partial charge on any atom is -0.346 e. The normalized spacial score (nSPS) is 10.2. The molecule has 8 heteroatoms. The minimum atomic E-state index is -0.289. The molecule has 2 aromatic heterocycles. The Labute approximate surface area is 124 Å². The zero-order valence-electron chi connectivity index (χ0n) is 10.7. The van der Waals surface area contributed by atoms with E-state index in [0.29, 0.717) is 28.2 Å². The predicted molar refractivity (Wildman–Crippen MR) is 77.7 cm³/mol. The Morgan fingerprint density at radius 1 is 1.45 bits per heavy atom. The van der Waals surface area contributed by atoms with Crippen molar-refractivity contribution in [3.8, 4) is 0 Å².